The minimum atomic E-state index is -3.55. The summed E-state index contributed by atoms with van der Waals surface area (Å²) in [5.74, 6) is 1.57. The molecule has 1 aliphatic heterocycles. The van der Waals surface area contributed by atoms with E-state index in [9.17, 15) is 16.8 Å². The SMILES string of the molecule is CNS(=O)(=O)c1ccc(S(=O)(=O)N2CCSCC2)cc1. The Balaban J connectivity index is 2.30. The first kappa shape index (κ1) is 15.8. The molecular weight excluding hydrogens is 320 g/mol. The maximum Gasteiger partial charge on any atom is 0.243 e. The fourth-order valence-electron chi connectivity index (χ4n) is 1.84. The Bertz CT molecular complexity index is 662. The number of nitrogens with one attached hydrogen (secondary N) is 1. The van der Waals surface area contributed by atoms with Crippen LogP contribution in [0.15, 0.2) is 34.1 Å². The minimum Gasteiger partial charge on any atom is -0.214 e. The third-order valence-corrected chi connectivity index (χ3v) is 7.30. The zero-order chi connectivity index (χ0) is 14.8. The van der Waals surface area contributed by atoms with Crippen LogP contribution >= 0.6 is 11.8 Å². The molecule has 1 saturated heterocycles. The molecule has 0 spiro atoms. The van der Waals surface area contributed by atoms with Crippen molar-refractivity contribution in [2.75, 3.05) is 31.6 Å². The quantitative estimate of drug-likeness (QED) is 0.857. The second-order valence-electron chi connectivity index (χ2n) is 4.20. The number of hydrogen-bond donors (Lipinski definition) is 1. The molecule has 1 N–H and O–H groups in total. The molecule has 0 radical (unpaired) electrons. The molecule has 2 rings (SSSR count). The Morgan fingerprint density at radius 2 is 1.50 bits per heavy atom. The summed E-state index contributed by atoms with van der Waals surface area (Å²) >= 11 is 1.73. The van der Waals surface area contributed by atoms with Gasteiger partial charge in [-0.15, -0.1) is 0 Å². The smallest absolute Gasteiger partial charge is 0.214 e. The maximum absolute atomic E-state index is 12.4. The van der Waals surface area contributed by atoms with Crippen LogP contribution in [-0.4, -0.2) is 52.8 Å². The van der Waals surface area contributed by atoms with Crippen LogP contribution in [0.3, 0.4) is 0 Å². The maximum atomic E-state index is 12.4. The van der Waals surface area contributed by atoms with Gasteiger partial charge < -0.3 is 0 Å². The average Bonchev–Trinajstić information content (AvgIpc) is 2.48. The summed E-state index contributed by atoms with van der Waals surface area (Å²) in [4.78, 5) is 0.174. The first-order valence-corrected chi connectivity index (χ1v) is 10.1. The third kappa shape index (κ3) is 3.17. The van der Waals surface area contributed by atoms with Crippen molar-refractivity contribution >= 4 is 31.8 Å². The highest BCUT2D eigenvalue weighted by molar-refractivity contribution is 7.99. The van der Waals surface area contributed by atoms with Crippen LogP contribution in [-0.2, 0) is 20.0 Å². The number of hydrogen-bond acceptors (Lipinski definition) is 5. The van der Waals surface area contributed by atoms with Gasteiger partial charge in [-0.2, -0.15) is 16.1 Å². The van der Waals surface area contributed by atoms with Crippen molar-refractivity contribution in [3.63, 3.8) is 0 Å². The summed E-state index contributed by atoms with van der Waals surface area (Å²) in [6.45, 7) is 0.979. The molecule has 1 aromatic carbocycles. The van der Waals surface area contributed by atoms with Gasteiger partial charge in [-0.05, 0) is 31.3 Å². The lowest BCUT2D eigenvalue weighted by atomic mass is 10.4. The van der Waals surface area contributed by atoms with Gasteiger partial charge in [0.05, 0.1) is 9.79 Å². The van der Waals surface area contributed by atoms with Crippen molar-refractivity contribution in [1.29, 1.82) is 0 Å². The zero-order valence-electron chi connectivity index (χ0n) is 10.9. The van der Waals surface area contributed by atoms with Gasteiger partial charge in [-0.1, -0.05) is 0 Å². The molecule has 1 aromatic rings. The van der Waals surface area contributed by atoms with Gasteiger partial charge in [-0.3, -0.25) is 0 Å². The van der Waals surface area contributed by atoms with Crippen LogP contribution in [0.5, 0.6) is 0 Å². The van der Waals surface area contributed by atoms with Crippen LogP contribution in [0.1, 0.15) is 0 Å². The normalized spacial score (nSPS) is 18.1. The van der Waals surface area contributed by atoms with E-state index in [-0.39, 0.29) is 9.79 Å². The molecule has 112 valence electrons. The van der Waals surface area contributed by atoms with Gasteiger partial charge in [0.2, 0.25) is 20.0 Å². The standard InChI is InChI=1S/C11H16N2O4S3/c1-12-19(14,15)10-2-4-11(5-3-10)20(16,17)13-6-8-18-9-7-13/h2-5,12H,6-9H2,1H3. The fraction of sp³-hybridized carbons (Fsp3) is 0.455. The molecule has 0 atom stereocenters. The zero-order valence-corrected chi connectivity index (χ0v) is 13.4. The lowest BCUT2D eigenvalue weighted by Crippen LogP contribution is -2.37. The molecule has 0 aromatic heterocycles. The Morgan fingerprint density at radius 1 is 1.00 bits per heavy atom. The molecule has 0 amide bonds. The Kier molecular flexibility index (Phi) is 4.75. The van der Waals surface area contributed by atoms with Crippen LogP contribution in [0.25, 0.3) is 0 Å². The number of nitrogens with zero attached hydrogens (tertiary/aromatic N) is 1. The molecule has 1 fully saturated rings. The summed E-state index contributed by atoms with van der Waals surface area (Å²) in [5, 5.41) is 0. The second-order valence-corrected chi connectivity index (χ2v) is 9.24. The monoisotopic (exact) mass is 336 g/mol. The van der Waals surface area contributed by atoms with Crippen molar-refractivity contribution in [2.24, 2.45) is 0 Å². The molecule has 1 aliphatic rings. The first-order valence-electron chi connectivity index (χ1n) is 5.99. The van der Waals surface area contributed by atoms with E-state index in [1.54, 1.807) is 11.8 Å². The minimum absolute atomic E-state index is 0.0492. The molecule has 0 bridgehead atoms. The van der Waals surface area contributed by atoms with E-state index >= 15 is 0 Å². The summed E-state index contributed by atoms with van der Waals surface area (Å²) in [6, 6.07) is 5.28. The number of rotatable bonds is 4. The van der Waals surface area contributed by atoms with E-state index in [1.807, 2.05) is 0 Å². The van der Waals surface area contributed by atoms with E-state index in [1.165, 1.54) is 35.6 Å². The average molecular weight is 336 g/mol. The molecule has 20 heavy (non-hydrogen) atoms. The Hall–Kier alpha value is -0.610. The van der Waals surface area contributed by atoms with Crippen molar-refractivity contribution < 1.29 is 16.8 Å². The molecule has 0 saturated carbocycles. The van der Waals surface area contributed by atoms with E-state index < -0.39 is 20.0 Å². The van der Waals surface area contributed by atoms with E-state index in [4.69, 9.17) is 0 Å². The molecule has 6 nitrogen and oxygen atoms in total. The van der Waals surface area contributed by atoms with Gasteiger partial charge >= 0.3 is 0 Å². The van der Waals surface area contributed by atoms with Crippen molar-refractivity contribution in [3.8, 4) is 0 Å². The second kappa shape index (κ2) is 6.02. The first-order chi connectivity index (χ1) is 9.38. The topological polar surface area (TPSA) is 83.5 Å². The van der Waals surface area contributed by atoms with Crippen molar-refractivity contribution in [3.05, 3.63) is 24.3 Å². The fourth-order valence-corrected chi connectivity index (χ4v) is 5.15. The molecule has 1 heterocycles. The van der Waals surface area contributed by atoms with Crippen LogP contribution in [0, 0.1) is 0 Å². The summed E-state index contributed by atoms with van der Waals surface area (Å²) in [6.07, 6.45) is 0. The highest BCUT2D eigenvalue weighted by Gasteiger charge is 2.26. The lowest BCUT2D eigenvalue weighted by molar-refractivity contribution is 0.443. The molecule has 0 aliphatic carbocycles. The Labute approximate surface area is 123 Å². The molecule has 0 unspecified atom stereocenters. The van der Waals surface area contributed by atoms with Crippen LogP contribution < -0.4 is 4.72 Å². The Morgan fingerprint density at radius 3 is 2.00 bits per heavy atom. The van der Waals surface area contributed by atoms with Crippen molar-refractivity contribution in [1.82, 2.24) is 9.03 Å². The largest absolute Gasteiger partial charge is 0.243 e. The molecule has 9 heteroatoms. The van der Waals surface area contributed by atoms with Gasteiger partial charge in [0, 0.05) is 24.6 Å². The molecular formula is C11H16N2O4S3. The van der Waals surface area contributed by atoms with Crippen LogP contribution in [0.4, 0.5) is 0 Å². The van der Waals surface area contributed by atoms with Gasteiger partial charge in [0.25, 0.3) is 0 Å². The van der Waals surface area contributed by atoms with E-state index in [2.05, 4.69) is 4.72 Å². The lowest BCUT2D eigenvalue weighted by Gasteiger charge is -2.25. The van der Waals surface area contributed by atoms with Crippen LogP contribution in [0.2, 0.25) is 0 Å². The number of thioether (sulfide) groups is 1. The van der Waals surface area contributed by atoms with E-state index in [0.717, 1.165) is 11.5 Å². The summed E-state index contributed by atoms with van der Waals surface area (Å²) < 4.78 is 51.5. The van der Waals surface area contributed by atoms with Crippen molar-refractivity contribution in [2.45, 2.75) is 9.79 Å². The summed E-state index contributed by atoms with van der Waals surface area (Å²) in [7, 11) is -5.76. The summed E-state index contributed by atoms with van der Waals surface area (Å²) in [5.41, 5.74) is 0. The van der Waals surface area contributed by atoms with E-state index in [0.29, 0.717) is 13.1 Å². The van der Waals surface area contributed by atoms with Gasteiger partial charge in [0.1, 0.15) is 0 Å². The predicted octanol–water partition coefficient (Wildman–Crippen LogP) is 0.332. The number of benzene rings is 1. The highest BCUT2D eigenvalue weighted by atomic mass is 32.2. The highest BCUT2D eigenvalue weighted by Crippen LogP contribution is 2.21. The van der Waals surface area contributed by atoms with Gasteiger partial charge in [-0.25, -0.2) is 21.6 Å². The number of sulfonamides is 2. The van der Waals surface area contributed by atoms with Gasteiger partial charge in [0.15, 0.2) is 0 Å². The third-order valence-electron chi connectivity index (χ3n) is 3.01. The predicted molar refractivity (Wildman–Crippen MR) is 78.8 cm³/mol.